The number of benzene rings is 1. The Labute approximate surface area is 139 Å². The summed E-state index contributed by atoms with van der Waals surface area (Å²) in [6.07, 6.45) is 2.31. The molecule has 120 valence electrons. The highest BCUT2D eigenvalue weighted by atomic mass is 32.2. The van der Waals surface area contributed by atoms with E-state index >= 15 is 0 Å². The van der Waals surface area contributed by atoms with Crippen LogP contribution in [0, 0.1) is 6.92 Å². The van der Waals surface area contributed by atoms with E-state index in [1.54, 1.807) is 6.07 Å². The number of aryl methyl sites for hydroxylation is 2. The van der Waals surface area contributed by atoms with Gasteiger partial charge in [-0.25, -0.2) is 13.1 Å². The van der Waals surface area contributed by atoms with Crippen molar-refractivity contribution in [1.29, 1.82) is 0 Å². The van der Waals surface area contributed by atoms with E-state index in [0.29, 0.717) is 5.56 Å². The lowest BCUT2D eigenvalue weighted by Gasteiger charge is -2.05. The standard InChI is InChI=1S/C16H16N2O3S2/c1-3-13-8-9-15(22-13)23(19,20)18-16-14(10-17-21-16)12-6-4-11(2)5-7-12/h4-10,18H,3H2,1-2H3. The first-order chi connectivity index (χ1) is 11.0. The minimum absolute atomic E-state index is 0.125. The van der Waals surface area contributed by atoms with Crippen molar-refractivity contribution in [2.24, 2.45) is 0 Å². The molecule has 0 aliphatic heterocycles. The van der Waals surface area contributed by atoms with Crippen molar-refractivity contribution in [2.75, 3.05) is 4.72 Å². The van der Waals surface area contributed by atoms with Crippen LogP contribution < -0.4 is 4.72 Å². The molecule has 3 rings (SSSR count). The van der Waals surface area contributed by atoms with Crippen LogP contribution in [0.2, 0.25) is 0 Å². The van der Waals surface area contributed by atoms with Crippen LogP contribution in [-0.4, -0.2) is 13.6 Å². The molecule has 0 saturated heterocycles. The van der Waals surface area contributed by atoms with Crippen molar-refractivity contribution in [1.82, 2.24) is 5.16 Å². The van der Waals surface area contributed by atoms with Gasteiger partial charge in [0.1, 0.15) is 4.21 Å². The smallest absolute Gasteiger partial charge is 0.273 e. The van der Waals surface area contributed by atoms with E-state index in [9.17, 15) is 8.42 Å². The van der Waals surface area contributed by atoms with Crippen LogP contribution in [0.3, 0.4) is 0 Å². The van der Waals surface area contributed by atoms with Crippen molar-refractivity contribution in [3.05, 3.63) is 53.0 Å². The molecule has 0 radical (unpaired) electrons. The number of nitrogens with zero attached hydrogens (tertiary/aromatic N) is 1. The van der Waals surface area contributed by atoms with Crippen LogP contribution in [0.25, 0.3) is 11.1 Å². The highest BCUT2D eigenvalue weighted by Gasteiger charge is 2.21. The van der Waals surface area contributed by atoms with Crippen LogP contribution in [0.4, 0.5) is 5.88 Å². The number of hydrogen-bond donors (Lipinski definition) is 1. The molecule has 7 heteroatoms. The minimum Gasteiger partial charge on any atom is -0.337 e. The van der Waals surface area contributed by atoms with E-state index < -0.39 is 10.0 Å². The van der Waals surface area contributed by atoms with E-state index in [1.165, 1.54) is 17.5 Å². The molecule has 1 N–H and O–H groups in total. The zero-order valence-electron chi connectivity index (χ0n) is 12.7. The highest BCUT2D eigenvalue weighted by molar-refractivity contribution is 7.94. The maximum Gasteiger partial charge on any atom is 0.273 e. The average Bonchev–Trinajstić information content (AvgIpc) is 3.17. The predicted octanol–water partition coefficient (Wildman–Crippen LogP) is 4.07. The summed E-state index contributed by atoms with van der Waals surface area (Å²) in [6, 6.07) is 11.1. The molecule has 5 nitrogen and oxygen atoms in total. The Hall–Kier alpha value is -2.12. The van der Waals surface area contributed by atoms with Crippen molar-refractivity contribution >= 4 is 27.2 Å². The lowest BCUT2D eigenvalue weighted by atomic mass is 10.1. The van der Waals surface area contributed by atoms with Gasteiger partial charge in [0.05, 0.1) is 11.8 Å². The summed E-state index contributed by atoms with van der Waals surface area (Å²) in [5.74, 6) is 0.125. The molecule has 3 aromatic rings. The van der Waals surface area contributed by atoms with Gasteiger partial charge in [0.25, 0.3) is 10.0 Å². The second-order valence-corrected chi connectivity index (χ2v) is 8.19. The fraction of sp³-hybridized carbons (Fsp3) is 0.188. The Morgan fingerprint density at radius 1 is 1.17 bits per heavy atom. The van der Waals surface area contributed by atoms with E-state index in [1.807, 2.05) is 44.2 Å². The Kier molecular flexibility index (Phi) is 4.23. The average molecular weight is 348 g/mol. The highest BCUT2D eigenvalue weighted by Crippen LogP contribution is 2.31. The minimum atomic E-state index is -3.68. The van der Waals surface area contributed by atoms with Gasteiger partial charge >= 0.3 is 0 Å². The van der Waals surface area contributed by atoms with Crippen molar-refractivity contribution in [3.63, 3.8) is 0 Å². The quantitative estimate of drug-likeness (QED) is 0.754. The number of thiophene rings is 1. The van der Waals surface area contributed by atoms with Crippen LogP contribution in [-0.2, 0) is 16.4 Å². The van der Waals surface area contributed by atoms with Gasteiger partial charge in [-0.2, -0.15) is 0 Å². The second kappa shape index (κ2) is 6.17. The maximum atomic E-state index is 12.5. The van der Waals surface area contributed by atoms with Crippen LogP contribution in [0.5, 0.6) is 0 Å². The van der Waals surface area contributed by atoms with Crippen molar-refractivity contribution in [2.45, 2.75) is 24.5 Å². The van der Waals surface area contributed by atoms with Crippen LogP contribution >= 0.6 is 11.3 Å². The van der Waals surface area contributed by atoms with E-state index in [-0.39, 0.29) is 10.1 Å². The third-order valence-corrected chi connectivity index (χ3v) is 6.46. The molecule has 0 aliphatic carbocycles. The molecule has 0 bridgehead atoms. The number of anilines is 1. The normalized spacial score (nSPS) is 11.6. The number of rotatable bonds is 5. The van der Waals surface area contributed by atoms with Gasteiger partial charge < -0.3 is 4.52 Å². The first kappa shape index (κ1) is 15.8. The van der Waals surface area contributed by atoms with Gasteiger partial charge in [-0.3, -0.25) is 0 Å². The lowest BCUT2D eigenvalue weighted by molar-refractivity contribution is 0.436. The largest absolute Gasteiger partial charge is 0.337 e. The van der Waals surface area contributed by atoms with E-state index in [0.717, 1.165) is 22.4 Å². The molecule has 0 spiro atoms. The summed E-state index contributed by atoms with van der Waals surface area (Å²) in [6.45, 7) is 3.98. The molecule has 0 aliphatic rings. The van der Waals surface area contributed by atoms with Gasteiger partial charge in [0, 0.05) is 4.88 Å². The number of hydrogen-bond acceptors (Lipinski definition) is 5. The van der Waals surface area contributed by atoms with E-state index in [4.69, 9.17) is 4.52 Å². The van der Waals surface area contributed by atoms with Gasteiger partial charge in [-0.15, -0.1) is 11.3 Å². The van der Waals surface area contributed by atoms with E-state index in [2.05, 4.69) is 9.88 Å². The Morgan fingerprint density at radius 2 is 1.91 bits per heavy atom. The lowest BCUT2D eigenvalue weighted by Crippen LogP contribution is -2.11. The molecule has 0 amide bonds. The van der Waals surface area contributed by atoms with Gasteiger partial charge in [-0.05, 0) is 31.0 Å². The summed E-state index contributed by atoms with van der Waals surface area (Å²) in [7, 11) is -3.68. The van der Waals surface area contributed by atoms with Crippen LogP contribution in [0.1, 0.15) is 17.4 Å². The zero-order chi connectivity index (χ0) is 16.4. The van der Waals surface area contributed by atoms with Crippen molar-refractivity contribution in [3.8, 4) is 11.1 Å². The monoisotopic (exact) mass is 348 g/mol. The summed E-state index contributed by atoms with van der Waals surface area (Å²) in [5, 5.41) is 3.72. The SMILES string of the molecule is CCc1ccc(S(=O)(=O)Nc2oncc2-c2ccc(C)cc2)s1. The molecular weight excluding hydrogens is 332 g/mol. The molecule has 0 unspecified atom stereocenters. The summed E-state index contributed by atoms with van der Waals surface area (Å²) in [4.78, 5) is 1.02. The van der Waals surface area contributed by atoms with Gasteiger partial charge in [0.15, 0.2) is 0 Å². The fourth-order valence-electron chi connectivity index (χ4n) is 2.12. The number of nitrogens with one attached hydrogen (secondary N) is 1. The third kappa shape index (κ3) is 3.30. The molecule has 0 saturated carbocycles. The predicted molar refractivity (Wildman–Crippen MR) is 91.2 cm³/mol. The van der Waals surface area contributed by atoms with Crippen LogP contribution in [0.15, 0.2) is 51.3 Å². The van der Waals surface area contributed by atoms with Gasteiger partial charge in [0.2, 0.25) is 5.88 Å². The molecule has 2 aromatic heterocycles. The number of sulfonamides is 1. The Bertz CT molecular complexity index is 909. The third-order valence-electron chi connectivity index (χ3n) is 3.41. The molecule has 0 fully saturated rings. The fourth-order valence-corrected chi connectivity index (χ4v) is 4.42. The number of aromatic nitrogens is 1. The zero-order valence-corrected chi connectivity index (χ0v) is 14.4. The summed E-state index contributed by atoms with van der Waals surface area (Å²) in [5.41, 5.74) is 2.58. The molecule has 2 heterocycles. The Balaban J connectivity index is 1.92. The van der Waals surface area contributed by atoms with Crippen molar-refractivity contribution < 1.29 is 12.9 Å². The summed E-state index contributed by atoms with van der Waals surface area (Å²) >= 11 is 1.25. The first-order valence-corrected chi connectivity index (χ1v) is 9.43. The molecule has 23 heavy (non-hydrogen) atoms. The second-order valence-electron chi connectivity index (χ2n) is 5.11. The first-order valence-electron chi connectivity index (χ1n) is 7.13. The maximum absolute atomic E-state index is 12.5. The Morgan fingerprint density at radius 3 is 2.57 bits per heavy atom. The van der Waals surface area contributed by atoms with Gasteiger partial charge in [-0.1, -0.05) is 41.9 Å². The molecule has 1 aromatic carbocycles. The topological polar surface area (TPSA) is 72.2 Å². The molecular formula is C16H16N2O3S2. The summed E-state index contributed by atoms with van der Waals surface area (Å²) < 4.78 is 32.8. The molecule has 0 atom stereocenters.